The first-order chi connectivity index (χ1) is 8.04. The van der Waals surface area contributed by atoms with E-state index in [4.69, 9.17) is 0 Å². The normalized spacial score (nSPS) is 21.9. The summed E-state index contributed by atoms with van der Waals surface area (Å²) in [6, 6.07) is 7.08. The molecule has 0 saturated carbocycles. The zero-order valence-electron chi connectivity index (χ0n) is 9.77. The zero-order chi connectivity index (χ0) is 12.5. The van der Waals surface area contributed by atoms with E-state index in [1.807, 2.05) is 19.1 Å². The van der Waals surface area contributed by atoms with Crippen LogP contribution in [0.25, 0.3) is 0 Å². The van der Waals surface area contributed by atoms with E-state index < -0.39 is 10.0 Å². The Labute approximate surface area is 116 Å². The minimum Gasteiger partial charge on any atom is -0.207 e. The average molecular weight is 365 g/mol. The van der Waals surface area contributed by atoms with Crippen LogP contribution in [0.2, 0.25) is 0 Å². The molecule has 0 radical (unpaired) electrons. The molecule has 94 valence electrons. The average Bonchev–Trinajstić information content (AvgIpc) is 2.78. The maximum Gasteiger partial charge on any atom is 0.243 e. The van der Waals surface area contributed by atoms with Crippen LogP contribution in [0.15, 0.2) is 29.2 Å². The highest BCUT2D eigenvalue weighted by molar-refractivity contribution is 14.1. The molecule has 1 atom stereocenters. The molecular formula is C12H16INO2S. The second-order valence-electron chi connectivity index (χ2n) is 4.49. The minimum atomic E-state index is -3.27. The maximum absolute atomic E-state index is 12.3. The third-order valence-electron chi connectivity index (χ3n) is 3.13. The lowest BCUT2D eigenvalue weighted by atomic mass is 10.2. The van der Waals surface area contributed by atoms with Gasteiger partial charge in [-0.05, 0) is 31.4 Å². The summed E-state index contributed by atoms with van der Waals surface area (Å²) in [7, 11) is -3.27. The van der Waals surface area contributed by atoms with Gasteiger partial charge in [-0.3, -0.25) is 0 Å². The van der Waals surface area contributed by atoms with Gasteiger partial charge in [0.25, 0.3) is 0 Å². The van der Waals surface area contributed by atoms with Crippen molar-refractivity contribution in [1.29, 1.82) is 0 Å². The lowest BCUT2D eigenvalue weighted by Gasteiger charge is -2.16. The van der Waals surface area contributed by atoms with Gasteiger partial charge in [0.05, 0.1) is 4.90 Å². The van der Waals surface area contributed by atoms with Crippen LogP contribution < -0.4 is 0 Å². The summed E-state index contributed by atoms with van der Waals surface area (Å²) >= 11 is 2.33. The van der Waals surface area contributed by atoms with Gasteiger partial charge in [-0.15, -0.1) is 0 Å². The molecule has 5 heteroatoms. The highest BCUT2D eigenvalue weighted by atomic mass is 127. The third-order valence-corrected chi connectivity index (χ3v) is 6.25. The highest BCUT2D eigenvalue weighted by Crippen LogP contribution is 2.25. The van der Waals surface area contributed by atoms with Crippen LogP contribution in [0.4, 0.5) is 0 Å². The van der Waals surface area contributed by atoms with Gasteiger partial charge < -0.3 is 0 Å². The van der Waals surface area contributed by atoms with E-state index in [2.05, 4.69) is 22.6 Å². The van der Waals surface area contributed by atoms with Crippen molar-refractivity contribution in [2.75, 3.05) is 17.5 Å². The number of hydrogen-bond acceptors (Lipinski definition) is 2. The van der Waals surface area contributed by atoms with Gasteiger partial charge in [0.1, 0.15) is 0 Å². The van der Waals surface area contributed by atoms with Gasteiger partial charge >= 0.3 is 0 Å². The summed E-state index contributed by atoms with van der Waals surface area (Å²) in [6.07, 6.45) is 0.980. The van der Waals surface area contributed by atoms with Crippen LogP contribution in [0.5, 0.6) is 0 Å². The van der Waals surface area contributed by atoms with Crippen molar-refractivity contribution >= 4 is 32.6 Å². The monoisotopic (exact) mass is 365 g/mol. The van der Waals surface area contributed by atoms with Crippen molar-refractivity contribution in [2.24, 2.45) is 5.92 Å². The summed E-state index contributed by atoms with van der Waals surface area (Å²) in [5.74, 6) is 0.510. The molecule has 1 aromatic rings. The smallest absolute Gasteiger partial charge is 0.207 e. The molecule has 1 aliphatic heterocycles. The Balaban J connectivity index is 2.22. The van der Waals surface area contributed by atoms with E-state index >= 15 is 0 Å². The SMILES string of the molecule is Cc1ccc(S(=O)(=O)N2CCC(CI)C2)cc1. The Hall–Kier alpha value is -0.140. The molecule has 1 saturated heterocycles. The van der Waals surface area contributed by atoms with Crippen LogP contribution >= 0.6 is 22.6 Å². The summed E-state index contributed by atoms with van der Waals surface area (Å²) in [4.78, 5) is 0.414. The molecule has 0 N–H and O–H groups in total. The number of nitrogens with zero attached hydrogens (tertiary/aromatic N) is 1. The molecule has 3 nitrogen and oxygen atoms in total. The van der Waals surface area contributed by atoms with Crippen molar-refractivity contribution < 1.29 is 8.42 Å². The molecule has 1 aliphatic rings. The lowest BCUT2D eigenvalue weighted by Crippen LogP contribution is -2.29. The largest absolute Gasteiger partial charge is 0.243 e. The molecule has 2 rings (SSSR count). The predicted molar refractivity (Wildman–Crippen MR) is 76.9 cm³/mol. The maximum atomic E-state index is 12.3. The zero-order valence-corrected chi connectivity index (χ0v) is 12.7. The molecule has 1 fully saturated rings. The number of alkyl halides is 1. The van der Waals surface area contributed by atoms with Gasteiger partial charge in [0.15, 0.2) is 0 Å². The molecule has 0 aromatic heterocycles. The van der Waals surface area contributed by atoms with E-state index in [1.54, 1.807) is 16.4 Å². The molecule has 1 heterocycles. The summed E-state index contributed by atoms with van der Waals surface area (Å²) in [5.41, 5.74) is 1.08. The van der Waals surface area contributed by atoms with E-state index in [0.717, 1.165) is 16.4 Å². The van der Waals surface area contributed by atoms with Crippen molar-refractivity contribution in [3.05, 3.63) is 29.8 Å². The van der Waals surface area contributed by atoms with Crippen LogP contribution in [-0.2, 0) is 10.0 Å². The second-order valence-corrected chi connectivity index (χ2v) is 7.30. The quantitative estimate of drug-likeness (QED) is 0.610. The Morgan fingerprint density at radius 1 is 1.35 bits per heavy atom. The van der Waals surface area contributed by atoms with E-state index in [9.17, 15) is 8.42 Å². The first-order valence-electron chi connectivity index (χ1n) is 5.67. The van der Waals surface area contributed by atoms with Gasteiger partial charge in [0, 0.05) is 17.5 Å². The third kappa shape index (κ3) is 2.82. The summed E-state index contributed by atoms with van der Waals surface area (Å²) in [6.45, 7) is 3.28. The second kappa shape index (κ2) is 5.24. The Bertz CT molecular complexity index is 484. The number of sulfonamides is 1. The standard InChI is InChI=1S/C12H16INO2S/c1-10-2-4-12(5-3-10)17(15,16)14-7-6-11(8-13)9-14/h2-5,11H,6-9H2,1H3. The Kier molecular flexibility index (Phi) is 4.10. The highest BCUT2D eigenvalue weighted by Gasteiger charge is 2.31. The van der Waals surface area contributed by atoms with Crippen LogP contribution in [0, 0.1) is 12.8 Å². The topological polar surface area (TPSA) is 37.4 Å². The molecule has 17 heavy (non-hydrogen) atoms. The fraction of sp³-hybridized carbons (Fsp3) is 0.500. The van der Waals surface area contributed by atoms with Crippen molar-refractivity contribution in [3.63, 3.8) is 0 Å². The summed E-state index contributed by atoms with van der Waals surface area (Å²) < 4.78 is 27.3. The number of aryl methyl sites for hydroxylation is 1. The van der Waals surface area contributed by atoms with Gasteiger partial charge in [-0.2, -0.15) is 4.31 Å². The fourth-order valence-corrected chi connectivity index (χ4v) is 4.25. The van der Waals surface area contributed by atoms with Crippen LogP contribution in [0.1, 0.15) is 12.0 Å². The molecule has 0 bridgehead atoms. The number of rotatable bonds is 3. The summed E-state index contributed by atoms with van der Waals surface area (Å²) in [5, 5.41) is 0. The molecule has 1 unspecified atom stereocenters. The van der Waals surface area contributed by atoms with E-state index in [-0.39, 0.29) is 0 Å². The first kappa shape index (κ1) is 13.3. The minimum absolute atomic E-state index is 0.414. The van der Waals surface area contributed by atoms with E-state index in [0.29, 0.717) is 23.9 Å². The van der Waals surface area contributed by atoms with Crippen molar-refractivity contribution in [2.45, 2.75) is 18.2 Å². The van der Waals surface area contributed by atoms with Crippen LogP contribution in [0.3, 0.4) is 0 Å². The van der Waals surface area contributed by atoms with Crippen molar-refractivity contribution in [1.82, 2.24) is 4.31 Å². The number of hydrogen-bond donors (Lipinski definition) is 0. The van der Waals surface area contributed by atoms with Gasteiger partial charge in [-0.1, -0.05) is 40.3 Å². The Morgan fingerprint density at radius 3 is 2.53 bits per heavy atom. The Morgan fingerprint density at radius 2 is 2.00 bits per heavy atom. The van der Waals surface area contributed by atoms with E-state index in [1.165, 1.54) is 0 Å². The molecule has 1 aromatic carbocycles. The fourth-order valence-electron chi connectivity index (χ4n) is 2.00. The van der Waals surface area contributed by atoms with Gasteiger partial charge in [-0.25, -0.2) is 8.42 Å². The number of benzene rings is 1. The molecule has 0 amide bonds. The van der Waals surface area contributed by atoms with Gasteiger partial charge in [0.2, 0.25) is 10.0 Å². The lowest BCUT2D eigenvalue weighted by molar-refractivity contribution is 0.466. The predicted octanol–water partition coefficient (Wildman–Crippen LogP) is 2.44. The molecule has 0 aliphatic carbocycles. The van der Waals surface area contributed by atoms with Crippen LogP contribution in [-0.4, -0.2) is 30.2 Å². The number of halogens is 1. The molecular weight excluding hydrogens is 349 g/mol. The first-order valence-corrected chi connectivity index (χ1v) is 8.63. The molecule has 0 spiro atoms. The van der Waals surface area contributed by atoms with Crippen molar-refractivity contribution in [3.8, 4) is 0 Å².